The molecule has 0 radical (unpaired) electrons. The van der Waals surface area contributed by atoms with Gasteiger partial charge in [0.25, 0.3) is 5.56 Å². The van der Waals surface area contributed by atoms with Gasteiger partial charge in [-0.1, -0.05) is 0 Å². The van der Waals surface area contributed by atoms with Gasteiger partial charge in [-0.25, -0.2) is 4.79 Å². The van der Waals surface area contributed by atoms with Gasteiger partial charge in [0.05, 0.1) is 11.0 Å². The van der Waals surface area contributed by atoms with Crippen molar-refractivity contribution in [1.82, 2.24) is 4.57 Å². The maximum atomic E-state index is 11.8. The Bertz CT molecular complexity index is 656. The van der Waals surface area contributed by atoms with Crippen molar-refractivity contribution >= 4 is 21.9 Å². The molecule has 0 amide bonds. The lowest BCUT2D eigenvalue weighted by Crippen LogP contribution is -2.19. The van der Waals surface area contributed by atoms with E-state index in [1.54, 1.807) is 25.3 Å². The summed E-state index contributed by atoms with van der Waals surface area (Å²) >= 11 is 3.14. The van der Waals surface area contributed by atoms with Gasteiger partial charge in [0, 0.05) is 6.20 Å². The van der Waals surface area contributed by atoms with E-state index in [9.17, 15) is 9.59 Å². The molecule has 0 aliphatic heterocycles. The Balaban J connectivity index is 2.35. The highest BCUT2D eigenvalue weighted by molar-refractivity contribution is 9.10. The maximum Gasteiger partial charge on any atom is 0.339 e. The summed E-state index contributed by atoms with van der Waals surface area (Å²) < 4.78 is 7.21. The number of furan rings is 1. The largest absolute Gasteiger partial charge is 0.478 e. The predicted molar refractivity (Wildman–Crippen MR) is 67.9 cm³/mol. The van der Waals surface area contributed by atoms with Crippen LogP contribution >= 0.6 is 15.9 Å². The summed E-state index contributed by atoms with van der Waals surface area (Å²) in [6.07, 6.45) is 1.62. The second-order valence-electron chi connectivity index (χ2n) is 3.78. The van der Waals surface area contributed by atoms with Crippen LogP contribution in [0.3, 0.4) is 0 Å². The molecular weight excluding hydrogens is 302 g/mol. The molecule has 0 atom stereocenters. The van der Waals surface area contributed by atoms with Crippen LogP contribution in [0.25, 0.3) is 0 Å². The molecule has 0 aromatic carbocycles. The zero-order chi connectivity index (χ0) is 13.3. The van der Waals surface area contributed by atoms with Gasteiger partial charge >= 0.3 is 5.97 Å². The molecule has 2 aromatic heterocycles. The van der Waals surface area contributed by atoms with Gasteiger partial charge in [0.15, 0.2) is 0 Å². The molecule has 2 heterocycles. The Kier molecular flexibility index (Phi) is 3.38. The van der Waals surface area contributed by atoms with Crippen molar-refractivity contribution in [3.63, 3.8) is 0 Å². The van der Waals surface area contributed by atoms with Gasteiger partial charge in [-0.05, 0) is 41.1 Å². The summed E-state index contributed by atoms with van der Waals surface area (Å²) in [5, 5.41) is 8.91. The molecular formula is C12H10BrNO4. The molecule has 94 valence electrons. The van der Waals surface area contributed by atoms with Crippen LogP contribution in [0, 0.1) is 6.92 Å². The van der Waals surface area contributed by atoms with Crippen LogP contribution in [-0.4, -0.2) is 15.6 Å². The van der Waals surface area contributed by atoms with Crippen molar-refractivity contribution in [2.75, 3.05) is 0 Å². The normalized spacial score (nSPS) is 10.6. The molecule has 0 bridgehead atoms. The van der Waals surface area contributed by atoms with E-state index in [4.69, 9.17) is 9.52 Å². The molecule has 2 aromatic rings. The fourth-order valence-corrected chi connectivity index (χ4v) is 2.01. The SMILES string of the molecule is Cc1oc(Cn2cccc(Br)c2=O)cc1C(=O)O. The van der Waals surface area contributed by atoms with E-state index in [1.807, 2.05) is 0 Å². The van der Waals surface area contributed by atoms with Crippen molar-refractivity contribution in [1.29, 1.82) is 0 Å². The number of nitrogens with zero attached hydrogens (tertiary/aromatic N) is 1. The van der Waals surface area contributed by atoms with Crippen molar-refractivity contribution in [2.45, 2.75) is 13.5 Å². The van der Waals surface area contributed by atoms with E-state index < -0.39 is 5.97 Å². The van der Waals surface area contributed by atoms with E-state index in [0.717, 1.165) is 0 Å². The van der Waals surface area contributed by atoms with Gasteiger partial charge in [-0.15, -0.1) is 0 Å². The summed E-state index contributed by atoms with van der Waals surface area (Å²) in [7, 11) is 0. The minimum Gasteiger partial charge on any atom is -0.478 e. The number of rotatable bonds is 3. The lowest BCUT2D eigenvalue weighted by atomic mass is 10.2. The van der Waals surface area contributed by atoms with Crippen LogP contribution in [0.5, 0.6) is 0 Å². The topological polar surface area (TPSA) is 72.4 Å². The molecule has 0 saturated carbocycles. The number of pyridine rings is 1. The van der Waals surface area contributed by atoms with Gasteiger partial charge in [-0.2, -0.15) is 0 Å². The first kappa shape index (κ1) is 12.6. The number of halogens is 1. The average molecular weight is 312 g/mol. The highest BCUT2D eigenvalue weighted by atomic mass is 79.9. The van der Waals surface area contributed by atoms with Crippen LogP contribution in [0.15, 0.2) is 38.1 Å². The van der Waals surface area contributed by atoms with Gasteiger partial charge in [-0.3, -0.25) is 4.79 Å². The molecule has 2 rings (SSSR count). The standard InChI is InChI=1S/C12H10BrNO4/c1-7-9(12(16)17)5-8(18-7)6-14-4-2-3-10(13)11(14)15/h2-5H,6H2,1H3,(H,16,17). The molecule has 0 saturated heterocycles. The minimum absolute atomic E-state index is 0.119. The van der Waals surface area contributed by atoms with E-state index in [-0.39, 0.29) is 17.7 Å². The summed E-state index contributed by atoms with van der Waals surface area (Å²) in [5.41, 5.74) is -0.0727. The molecule has 5 nitrogen and oxygen atoms in total. The Morgan fingerprint density at radius 2 is 2.28 bits per heavy atom. The number of carbonyl (C=O) groups is 1. The van der Waals surface area contributed by atoms with Crippen molar-refractivity contribution in [3.05, 3.63) is 56.3 Å². The highest BCUT2D eigenvalue weighted by Gasteiger charge is 2.14. The molecule has 0 aliphatic rings. The molecule has 0 unspecified atom stereocenters. The van der Waals surface area contributed by atoms with Crippen molar-refractivity contribution in [3.8, 4) is 0 Å². The Hall–Kier alpha value is -1.82. The maximum absolute atomic E-state index is 11.8. The van der Waals surface area contributed by atoms with E-state index in [1.165, 1.54) is 10.6 Å². The summed E-state index contributed by atoms with van der Waals surface area (Å²) in [6.45, 7) is 1.78. The molecule has 1 N–H and O–H groups in total. The minimum atomic E-state index is -1.04. The molecule has 0 aliphatic carbocycles. The monoisotopic (exact) mass is 311 g/mol. The van der Waals surface area contributed by atoms with Gasteiger partial charge < -0.3 is 14.1 Å². The summed E-state index contributed by atoms with van der Waals surface area (Å²) in [6, 6.07) is 4.80. The first-order valence-corrected chi connectivity index (χ1v) is 5.96. The van der Waals surface area contributed by atoms with Crippen LogP contribution in [0.1, 0.15) is 21.9 Å². The molecule has 18 heavy (non-hydrogen) atoms. The number of aryl methyl sites for hydroxylation is 1. The third-order valence-corrected chi connectivity index (χ3v) is 3.10. The van der Waals surface area contributed by atoms with Crippen LogP contribution in [0.4, 0.5) is 0 Å². The van der Waals surface area contributed by atoms with E-state index in [0.29, 0.717) is 16.0 Å². The lowest BCUT2D eigenvalue weighted by molar-refractivity contribution is 0.0695. The second kappa shape index (κ2) is 4.81. The molecule has 6 heteroatoms. The number of aromatic nitrogens is 1. The van der Waals surface area contributed by atoms with Crippen LogP contribution in [-0.2, 0) is 6.54 Å². The zero-order valence-corrected chi connectivity index (χ0v) is 11.1. The smallest absolute Gasteiger partial charge is 0.339 e. The Labute approximate surface area is 111 Å². The predicted octanol–water partition coefficient (Wildman–Crippen LogP) is 2.26. The van der Waals surface area contributed by atoms with Crippen LogP contribution < -0.4 is 5.56 Å². The zero-order valence-electron chi connectivity index (χ0n) is 9.51. The highest BCUT2D eigenvalue weighted by Crippen LogP contribution is 2.15. The third-order valence-electron chi connectivity index (χ3n) is 2.50. The first-order chi connectivity index (χ1) is 8.49. The fraction of sp³-hybridized carbons (Fsp3) is 0.167. The number of carboxylic acid groups (broad SMARTS) is 1. The Morgan fingerprint density at radius 3 is 2.89 bits per heavy atom. The summed E-state index contributed by atoms with van der Waals surface area (Å²) in [5.74, 6) is -0.269. The third kappa shape index (κ3) is 2.38. The second-order valence-corrected chi connectivity index (χ2v) is 4.63. The average Bonchev–Trinajstić information content (AvgIpc) is 2.66. The quantitative estimate of drug-likeness (QED) is 0.943. The number of carboxylic acids is 1. The van der Waals surface area contributed by atoms with E-state index >= 15 is 0 Å². The lowest BCUT2D eigenvalue weighted by Gasteiger charge is -2.02. The van der Waals surface area contributed by atoms with Crippen molar-refractivity contribution in [2.24, 2.45) is 0 Å². The van der Waals surface area contributed by atoms with Gasteiger partial charge in [0.1, 0.15) is 17.1 Å². The first-order valence-electron chi connectivity index (χ1n) is 5.16. The molecule has 0 fully saturated rings. The number of aromatic carboxylic acids is 1. The molecule has 0 spiro atoms. The Morgan fingerprint density at radius 1 is 1.56 bits per heavy atom. The summed E-state index contributed by atoms with van der Waals surface area (Å²) in [4.78, 5) is 22.6. The number of hydrogen-bond acceptors (Lipinski definition) is 3. The fourth-order valence-electron chi connectivity index (χ4n) is 1.63. The van der Waals surface area contributed by atoms with E-state index in [2.05, 4.69) is 15.9 Å². The van der Waals surface area contributed by atoms with Crippen LogP contribution in [0.2, 0.25) is 0 Å². The van der Waals surface area contributed by atoms with Crippen molar-refractivity contribution < 1.29 is 14.3 Å². The van der Waals surface area contributed by atoms with Gasteiger partial charge in [0.2, 0.25) is 0 Å². The number of hydrogen-bond donors (Lipinski definition) is 1.